The van der Waals surface area contributed by atoms with Gasteiger partial charge in [0.2, 0.25) is 5.91 Å². The molecule has 0 fully saturated rings. The quantitative estimate of drug-likeness (QED) is 0.643. The van der Waals surface area contributed by atoms with Gasteiger partial charge < -0.3 is 14.5 Å². The molecule has 3 rings (SSSR count). The van der Waals surface area contributed by atoms with E-state index in [1.165, 1.54) is 6.07 Å². The van der Waals surface area contributed by atoms with E-state index in [0.717, 1.165) is 22.8 Å². The number of furan rings is 1. The van der Waals surface area contributed by atoms with Crippen molar-refractivity contribution in [2.75, 3.05) is 13.7 Å². The third-order valence-electron chi connectivity index (χ3n) is 4.31. The van der Waals surface area contributed by atoms with Crippen LogP contribution >= 0.6 is 0 Å². The minimum absolute atomic E-state index is 0.0752. The van der Waals surface area contributed by atoms with Gasteiger partial charge in [-0.1, -0.05) is 18.2 Å². The fourth-order valence-corrected chi connectivity index (χ4v) is 2.79. The number of halogens is 1. The van der Waals surface area contributed by atoms with Gasteiger partial charge in [-0.3, -0.25) is 4.79 Å². The Balaban J connectivity index is 1.45. The zero-order valence-electron chi connectivity index (χ0n) is 15.2. The van der Waals surface area contributed by atoms with Crippen LogP contribution in [0.3, 0.4) is 0 Å². The summed E-state index contributed by atoms with van der Waals surface area (Å²) in [5.41, 5.74) is 1.56. The van der Waals surface area contributed by atoms with Crippen LogP contribution in [0.25, 0.3) is 11.3 Å². The highest BCUT2D eigenvalue weighted by atomic mass is 19.1. The summed E-state index contributed by atoms with van der Waals surface area (Å²) in [4.78, 5) is 12.0. The van der Waals surface area contributed by atoms with Crippen LogP contribution in [0.1, 0.15) is 17.7 Å². The molecule has 0 spiro atoms. The summed E-state index contributed by atoms with van der Waals surface area (Å²) in [6.45, 7) is 0.412. The number of rotatable bonds is 8. The minimum atomic E-state index is -0.242. The number of carbonyl (C=O) groups excluding carboxylic acids is 1. The van der Waals surface area contributed by atoms with Gasteiger partial charge in [-0.2, -0.15) is 0 Å². The van der Waals surface area contributed by atoms with Crippen molar-refractivity contribution in [3.8, 4) is 17.1 Å². The Hall–Kier alpha value is -3.08. The Morgan fingerprint density at radius 3 is 2.56 bits per heavy atom. The minimum Gasteiger partial charge on any atom is -0.497 e. The molecule has 0 aliphatic rings. The average Bonchev–Trinajstić information content (AvgIpc) is 3.17. The van der Waals surface area contributed by atoms with Gasteiger partial charge in [-0.05, 0) is 54.4 Å². The molecule has 0 saturated heterocycles. The molecule has 0 bridgehead atoms. The average molecular weight is 367 g/mol. The zero-order valence-corrected chi connectivity index (χ0v) is 15.2. The predicted octanol–water partition coefficient (Wildman–Crippen LogP) is 4.39. The number of hydrogen-bond donors (Lipinski definition) is 1. The summed E-state index contributed by atoms with van der Waals surface area (Å²) in [6.07, 6.45) is 1.31. The van der Waals surface area contributed by atoms with Crippen molar-refractivity contribution in [2.45, 2.75) is 19.3 Å². The lowest BCUT2D eigenvalue weighted by atomic mass is 10.1. The third-order valence-corrected chi connectivity index (χ3v) is 4.31. The lowest BCUT2D eigenvalue weighted by Crippen LogP contribution is -2.26. The van der Waals surface area contributed by atoms with Crippen molar-refractivity contribution < 1.29 is 18.3 Å². The normalized spacial score (nSPS) is 10.6. The molecule has 0 atom stereocenters. The fraction of sp³-hybridized carbons (Fsp3) is 0.227. The summed E-state index contributed by atoms with van der Waals surface area (Å²) in [5.74, 6) is 1.98. The Morgan fingerprint density at radius 1 is 1.04 bits per heavy atom. The highest BCUT2D eigenvalue weighted by molar-refractivity contribution is 5.76. The van der Waals surface area contributed by atoms with Crippen LogP contribution in [0.5, 0.6) is 5.75 Å². The van der Waals surface area contributed by atoms with E-state index in [9.17, 15) is 9.18 Å². The van der Waals surface area contributed by atoms with Gasteiger partial charge in [0.05, 0.1) is 7.11 Å². The first kappa shape index (κ1) is 18.7. The van der Waals surface area contributed by atoms with E-state index in [0.29, 0.717) is 31.4 Å². The van der Waals surface area contributed by atoms with Crippen molar-refractivity contribution >= 4 is 5.91 Å². The van der Waals surface area contributed by atoms with Gasteiger partial charge in [0.1, 0.15) is 23.1 Å². The van der Waals surface area contributed by atoms with Crippen molar-refractivity contribution in [3.05, 3.63) is 77.8 Å². The van der Waals surface area contributed by atoms with E-state index < -0.39 is 0 Å². The summed E-state index contributed by atoms with van der Waals surface area (Å²) in [7, 11) is 1.63. The monoisotopic (exact) mass is 367 g/mol. The van der Waals surface area contributed by atoms with E-state index in [1.807, 2.05) is 36.4 Å². The number of benzene rings is 2. The second-order valence-corrected chi connectivity index (χ2v) is 6.19. The predicted molar refractivity (Wildman–Crippen MR) is 102 cm³/mol. The SMILES string of the molecule is COc1ccc(-c2ccc(CCC(=O)NCCc3ccccc3F)o2)cc1. The van der Waals surface area contributed by atoms with Crippen molar-refractivity contribution in [3.63, 3.8) is 0 Å². The molecule has 4 nitrogen and oxygen atoms in total. The smallest absolute Gasteiger partial charge is 0.220 e. The van der Waals surface area contributed by atoms with Gasteiger partial charge in [-0.15, -0.1) is 0 Å². The number of methoxy groups -OCH3 is 1. The van der Waals surface area contributed by atoms with Crippen LogP contribution in [0.15, 0.2) is 65.1 Å². The lowest BCUT2D eigenvalue weighted by molar-refractivity contribution is -0.121. The maximum absolute atomic E-state index is 13.5. The number of nitrogens with one attached hydrogen (secondary N) is 1. The molecule has 27 heavy (non-hydrogen) atoms. The Bertz CT molecular complexity index is 887. The van der Waals surface area contributed by atoms with Crippen LogP contribution in [0, 0.1) is 5.82 Å². The van der Waals surface area contributed by atoms with E-state index in [4.69, 9.17) is 9.15 Å². The van der Waals surface area contributed by atoms with Crippen LogP contribution in [-0.2, 0) is 17.6 Å². The molecule has 1 N–H and O–H groups in total. The Labute approximate surface area is 158 Å². The maximum atomic E-state index is 13.5. The Kier molecular flexibility index (Phi) is 6.26. The number of amides is 1. The molecule has 1 amide bonds. The summed E-state index contributed by atoms with van der Waals surface area (Å²) >= 11 is 0. The van der Waals surface area contributed by atoms with Crippen molar-refractivity contribution in [1.82, 2.24) is 5.32 Å². The summed E-state index contributed by atoms with van der Waals surface area (Å²) < 4.78 is 24.5. The van der Waals surface area contributed by atoms with Gasteiger partial charge in [0.25, 0.3) is 0 Å². The molecule has 1 aromatic heterocycles. The molecular formula is C22H22FNO3. The largest absolute Gasteiger partial charge is 0.497 e. The van der Waals surface area contributed by atoms with Crippen molar-refractivity contribution in [2.24, 2.45) is 0 Å². The van der Waals surface area contributed by atoms with E-state index >= 15 is 0 Å². The first-order valence-electron chi connectivity index (χ1n) is 8.89. The molecule has 140 valence electrons. The first-order valence-corrected chi connectivity index (χ1v) is 8.89. The van der Waals surface area contributed by atoms with Crippen LogP contribution in [0.4, 0.5) is 4.39 Å². The first-order chi connectivity index (χ1) is 13.2. The van der Waals surface area contributed by atoms with E-state index in [1.54, 1.807) is 25.3 Å². The van der Waals surface area contributed by atoms with E-state index in [-0.39, 0.29) is 11.7 Å². The zero-order chi connectivity index (χ0) is 19.1. The molecule has 0 radical (unpaired) electrons. The second kappa shape index (κ2) is 9.03. The van der Waals surface area contributed by atoms with Gasteiger partial charge in [0, 0.05) is 24.9 Å². The molecule has 0 aliphatic heterocycles. The Morgan fingerprint density at radius 2 is 1.81 bits per heavy atom. The molecule has 5 heteroatoms. The summed E-state index contributed by atoms with van der Waals surface area (Å²) in [5, 5.41) is 2.82. The second-order valence-electron chi connectivity index (χ2n) is 6.19. The van der Waals surface area contributed by atoms with Gasteiger partial charge in [-0.25, -0.2) is 4.39 Å². The maximum Gasteiger partial charge on any atom is 0.220 e. The number of aryl methyl sites for hydroxylation is 1. The van der Waals surface area contributed by atoms with Crippen LogP contribution in [-0.4, -0.2) is 19.6 Å². The number of ether oxygens (including phenoxy) is 1. The van der Waals surface area contributed by atoms with Crippen LogP contribution < -0.4 is 10.1 Å². The molecular weight excluding hydrogens is 345 g/mol. The van der Waals surface area contributed by atoms with Crippen molar-refractivity contribution in [1.29, 1.82) is 0 Å². The third kappa shape index (κ3) is 5.20. The molecule has 1 heterocycles. The molecule has 2 aromatic carbocycles. The molecule has 0 unspecified atom stereocenters. The van der Waals surface area contributed by atoms with Gasteiger partial charge >= 0.3 is 0 Å². The standard InChI is InChI=1S/C22H22FNO3/c1-26-18-8-6-17(7-9-18)21-12-10-19(27-21)11-13-22(25)24-15-14-16-4-2-3-5-20(16)23/h2-10,12H,11,13-15H2,1H3,(H,24,25). The molecule has 3 aromatic rings. The topological polar surface area (TPSA) is 51.5 Å². The molecule has 0 aliphatic carbocycles. The fourth-order valence-electron chi connectivity index (χ4n) is 2.79. The van der Waals surface area contributed by atoms with E-state index in [2.05, 4.69) is 5.32 Å². The molecule has 0 saturated carbocycles. The number of hydrogen-bond acceptors (Lipinski definition) is 3. The summed E-state index contributed by atoms with van der Waals surface area (Å²) in [6, 6.07) is 18.0. The van der Waals surface area contributed by atoms with Crippen LogP contribution in [0.2, 0.25) is 0 Å². The highest BCUT2D eigenvalue weighted by Gasteiger charge is 2.08. The van der Waals surface area contributed by atoms with Gasteiger partial charge in [0.15, 0.2) is 0 Å². The number of carbonyl (C=O) groups is 1. The highest BCUT2D eigenvalue weighted by Crippen LogP contribution is 2.24. The lowest BCUT2D eigenvalue weighted by Gasteiger charge is -2.05.